The molecule has 0 radical (unpaired) electrons. The smallest absolute Gasteiger partial charge is 0.417 e. The van der Waals surface area contributed by atoms with Gasteiger partial charge in [-0.25, -0.2) is 15.0 Å². The summed E-state index contributed by atoms with van der Waals surface area (Å²) in [7, 11) is 0. The highest BCUT2D eigenvalue weighted by atomic mass is 127. The van der Waals surface area contributed by atoms with Gasteiger partial charge in [0.1, 0.15) is 11.6 Å². The fraction of sp³-hybridized carbons (Fsp3) is 0.471. The minimum atomic E-state index is -4.50. The minimum absolute atomic E-state index is 0. The Morgan fingerprint density at radius 1 is 1.31 bits per heavy atom. The van der Waals surface area contributed by atoms with Crippen LogP contribution in [0.2, 0.25) is 5.02 Å². The molecular formula is C17H22ClF3IN5OS. The third kappa shape index (κ3) is 8.13. The molecule has 0 bridgehead atoms. The summed E-state index contributed by atoms with van der Waals surface area (Å²) in [5, 5.41) is 7.01. The number of aromatic nitrogens is 2. The molecule has 0 amide bonds. The molecule has 2 heterocycles. The molecule has 2 aromatic heterocycles. The molecule has 6 nitrogen and oxygen atoms in total. The van der Waals surface area contributed by atoms with Crippen LogP contribution in [0.3, 0.4) is 0 Å². The second-order valence-corrected chi connectivity index (χ2v) is 7.42. The zero-order valence-electron chi connectivity index (χ0n) is 16.1. The average molecular weight is 564 g/mol. The van der Waals surface area contributed by atoms with Crippen molar-refractivity contribution < 1.29 is 17.9 Å². The molecule has 0 fully saturated rings. The zero-order chi connectivity index (χ0) is 20.7. The van der Waals surface area contributed by atoms with E-state index in [9.17, 15) is 13.2 Å². The molecule has 0 atom stereocenters. The number of rotatable bonds is 7. The van der Waals surface area contributed by atoms with Gasteiger partial charge in [0.05, 0.1) is 29.4 Å². The fourth-order valence-corrected chi connectivity index (χ4v) is 3.30. The van der Waals surface area contributed by atoms with Crippen LogP contribution in [0.25, 0.3) is 0 Å². The Balaban J connectivity index is 0.00000420. The molecule has 2 rings (SSSR count). The van der Waals surface area contributed by atoms with E-state index in [2.05, 4.69) is 25.6 Å². The highest BCUT2D eigenvalue weighted by molar-refractivity contribution is 14.0. The fourth-order valence-electron chi connectivity index (χ4n) is 2.22. The van der Waals surface area contributed by atoms with Crippen molar-refractivity contribution in [3.05, 3.63) is 38.4 Å². The van der Waals surface area contributed by atoms with E-state index >= 15 is 0 Å². The standard InChI is InChI=1S/C17H21ClF3N5OS.HI/c1-4-22-16(25-9-14-10(2)26-11(3)28-14)23-5-6-27-15-13(18)7-12(8-24-15)17(19,20)21;/h7-8H,4-6,9H2,1-3H3,(H2,22,23,25);1H. The molecule has 29 heavy (non-hydrogen) atoms. The maximum atomic E-state index is 12.6. The average Bonchev–Trinajstić information content (AvgIpc) is 2.94. The minimum Gasteiger partial charge on any atom is -0.475 e. The number of thiazole rings is 1. The van der Waals surface area contributed by atoms with E-state index in [0.29, 0.717) is 31.8 Å². The van der Waals surface area contributed by atoms with E-state index in [0.717, 1.165) is 21.6 Å². The van der Waals surface area contributed by atoms with E-state index < -0.39 is 11.7 Å². The topological polar surface area (TPSA) is 71.4 Å². The van der Waals surface area contributed by atoms with Crippen LogP contribution in [-0.2, 0) is 12.7 Å². The van der Waals surface area contributed by atoms with Gasteiger partial charge in [-0.05, 0) is 26.8 Å². The van der Waals surface area contributed by atoms with Crippen molar-refractivity contribution in [3.63, 3.8) is 0 Å². The number of aryl methyl sites for hydroxylation is 2. The van der Waals surface area contributed by atoms with Crippen LogP contribution in [0.15, 0.2) is 17.3 Å². The van der Waals surface area contributed by atoms with E-state index in [4.69, 9.17) is 16.3 Å². The van der Waals surface area contributed by atoms with Crippen LogP contribution in [0.5, 0.6) is 5.88 Å². The van der Waals surface area contributed by atoms with Crippen molar-refractivity contribution in [3.8, 4) is 5.88 Å². The summed E-state index contributed by atoms with van der Waals surface area (Å²) in [5.41, 5.74) is 0.0478. The van der Waals surface area contributed by atoms with Crippen molar-refractivity contribution in [2.45, 2.75) is 33.5 Å². The molecule has 0 aliphatic heterocycles. The second-order valence-electron chi connectivity index (χ2n) is 5.72. The SMILES string of the molecule is CCNC(=NCc1sc(C)nc1C)NCCOc1ncc(C(F)(F)F)cc1Cl.I. The van der Waals surface area contributed by atoms with Gasteiger partial charge in [0.15, 0.2) is 5.96 Å². The molecule has 0 saturated carbocycles. The number of aliphatic imine (C=N–C) groups is 1. The lowest BCUT2D eigenvalue weighted by molar-refractivity contribution is -0.137. The van der Waals surface area contributed by atoms with Gasteiger partial charge in [0.2, 0.25) is 5.88 Å². The van der Waals surface area contributed by atoms with Crippen molar-refractivity contribution in [2.75, 3.05) is 19.7 Å². The molecule has 12 heteroatoms. The Bertz CT molecular complexity index is 832. The van der Waals surface area contributed by atoms with Gasteiger partial charge in [0, 0.05) is 17.6 Å². The van der Waals surface area contributed by atoms with Crippen molar-refractivity contribution in [1.82, 2.24) is 20.6 Å². The lowest BCUT2D eigenvalue weighted by atomic mass is 10.3. The molecule has 0 spiro atoms. The molecule has 0 aromatic carbocycles. The molecule has 2 N–H and O–H groups in total. The Kier molecular flexibility index (Phi) is 10.4. The van der Waals surface area contributed by atoms with E-state index in [1.54, 1.807) is 11.3 Å². The molecule has 2 aromatic rings. The van der Waals surface area contributed by atoms with E-state index in [-0.39, 0.29) is 41.5 Å². The first-order chi connectivity index (χ1) is 13.2. The number of hydrogen-bond acceptors (Lipinski definition) is 5. The normalized spacial score (nSPS) is 11.8. The van der Waals surface area contributed by atoms with Gasteiger partial charge >= 0.3 is 6.18 Å². The number of hydrogen-bond donors (Lipinski definition) is 2. The van der Waals surface area contributed by atoms with E-state index in [1.807, 2.05) is 20.8 Å². The lowest BCUT2D eigenvalue weighted by Gasteiger charge is -2.13. The van der Waals surface area contributed by atoms with Gasteiger partial charge in [-0.3, -0.25) is 0 Å². The van der Waals surface area contributed by atoms with Crippen LogP contribution < -0.4 is 15.4 Å². The molecule has 0 aliphatic carbocycles. The predicted molar refractivity (Wildman–Crippen MR) is 120 cm³/mol. The van der Waals surface area contributed by atoms with Crippen LogP contribution >= 0.6 is 46.9 Å². The van der Waals surface area contributed by atoms with Crippen LogP contribution in [-0.4, -0.2) is 35.6 Å². The first-order valence-electron chi connectivity index (χ1n) is 8.51. The van der Waals surface area contributed by atoms with Crippen LogP contribution in [0, 0.1) is 13.8 Å². The van der Waals surface area contributed by atoms with Crippen molar-refractivity contribution in [1.29, 1.82) is 0 Å². The number of ether oxygens (including phenoxy) is 1. The number of nitrogens with one attached hydrogen (secondary N) is 2. The van der Waals surface area contributed by atoms with E-state index in [1.165, 1.54) is 0 Å². The quantitative estimate of drug-likeness (QED) is 0.223. The Morgan fingerprint density at radius 2 is 2.03 bits per heavy atom. The first kappa shape index (κ1) is 25.7. The molecule has 0 saturated heterocycles. The summed E-state index contributed by atoms with van der Waals surface area (Å²) in [6.45, 7) is 7.55. The third-order valence-electron chi connectivity index (χ3n) is 3.49. The van der Waals surface area contributed by atoms with Gasteiger partial charge < -0.3 is 15.4 Å². The number of alkyl halides is 3. The zero-order valence-corrected chi connectivity index (χ0v) is 20.0. The van der Waals surface area contributed by atoms with Crippen molar-refractivity contribution >= 4 is 52.9 Å². The Labute approximate surface area is 193 Å². The summed E-state index contributed by atoms with van der Waals surface area (Å²) < 4.78 is 43.2. The molecular weight excluding hydrogens is 542 g/mol. The number of halogens is 5. The number of pyridine rings is 1. The summed E-state index contributed by atoms with van der Waals surface area (Å²) in [4.78, 5) is 13.6. The molecule has 162 valence electrons. The Morgan fingerprint density at radius 3 is 2.59 bits per heavy atom. The largest absolute Gasteiger partial charge is 0.475 e. The lowest BCUT2D eigenvalue weighted by Crippen LogP contribution is -2.39. The van der Waals surface area contributed by atoms with Crippen LogP contribution in [0.4, 0.5) is 13.2 Å². The van der Waals surface area contributed by atoms with Crippen molar-refractivity contribution in [2.24, 2.45) is 4.99 Å². The number of nitrogens with zero attached hydrogens (tertiary/aromatic N) is 3. The summed E-state index contributed by atoms with van der Waals surface area (Å²) in [5.74, 6) is 0.553. The first-order valence-corrected chi connectivity index (χ1v) is 9.70. The van der Waals surface area contributed by atoms with Gasteiger partial charge in [-0.1, -0.05) is 11.6 Å². The van der Waals surface area contributed by atoms with Gasteiger partial charge in [-0.15, -0.1) is 35.3 Å². The summed E-state index contributed by atoms with van der Waals surface area (Å²) >= 11 is 7.42. The second kappa shape index (κ2) is 11.7. The molecule has 0 unspecified atom stereocenters. The monoisotopic (exact) mass is 563 g/mol. The maximum absolute atomic E-state index is 12.6. The van der Waals surface area contributed by atoms with Crippen LogP contribution in [0.1, 0.15) is 28.1 Å². The highest BCUT2D eigenvalue weighted by Crippen LogP contribution is 2.33. The van der Waals surface area contributed by atoms with Gasteiger partial charge in [-0.2, -0.15) is 13.2 Å². The Hall–Kier alpha value is -1.34. The highest BCUT2D eigenvalue weighted by Gasteiger charge is 2.31. The summed E-state index contributed by atoms with van der Waals surface area (Å²) in [6.07, 6.45) is -3.80. The maximum Gasteiger partial charge on any atom is 0.417 e. The summed E-state index contributed by atoms with van der Waals surface area (Å²) in [6, 6.07) is 0.794. The predicted octanol–water partition coefficient (Wildman–Crippen LogP) is 4.58. The van der Waals surface area contributed by atoms with Gasteiger partial charge in [0.25, 0.3) is 0 Å². The third-order valence-corrected chi connectivity index (χ3v) is 4.82. The number of guanidine groups is 1. The molecule has 0 aliphatic rings.